The molecule has 0 saturated carbocycles. The Morgan fingerprint density at radius 2 is 2.32 bits per heavy atom. The number of carbonyl (C=O) groups excluding carboxylic acids is 1. The topological polar surface area (TPSA) is 142 Å². The summed E-state index contributed by atoms with van der Waals surface area (Å²) in [5.41, 5.74) is 8.02. The van der Waals surface area contributed by atoms with Crippen LogP contribution in [0.5, 0.6) is 5.75 Å². The molecule has 0 saturated heterocycles. The molecule has 34 heavy (non-hydrogen) atoms. The number of halogens is 2. The summed E-state index contributed by atoms with van der Waals surface area (Å²) >= 11 is 1.55. The van der Waals surface area contributed by atoms with Crippen LogP contribution in [0.4, 0.5) is 14.5 Å². The number of thioether (sulfide) groups is 1. The van der Waals surface area contributed by atoms with Crippen LogP contribution in [0, 0.1) is 11.3 Å². The molecule has 13 heteroatoms. The average molecular weight is 487 g/mol. The van der Waals surface area contributed by atoms with Gasteiger partial charge in [-0.1, -0.05) is 0 Å². The predicted molar refractivity (Wildman–Crippen MR) is 121 cm³/mol. The Morgan fingerprint density at radius 3 is 3.12 bits per heavy atom. The summed E-state index contributed by atoms with van der Waals surface area (Å²) in [7, 11) is 0. The summed E-state index contributed by atoms with van der Waals surface area (Å²) in [6.07, 6.45) is 5.89. The first-order valence-electron chi connectivity index (χ1n) is 10.1. The van der Waals surface area contributed by atoms with E-state index in [9.17, 15) is 13.6 Å². The molecule has 0 spiro atoms. The van der Waals surface area contributed by atoms with Crippen LogP contribution in [0.25, 0.3) is 5.65 Å². The highest BCUT2D eigenvalue weighted by atomic mass is 32.2. The zero-order chi connectivity index (χ0) is 24.1. The summed E-state index contributed by atoms with van der Waals surface area (Å²) in [6, 6.07) is 5.66. The minimum Gasteiger partial charge on any atom is -0.434 e. The number of nitrogens with one attached hydrogen (secondary N) is 3. The molecule has 1 atom stereocenters. The minimum atomic E-state index is -3.07. The van der Waals surface area contributed by atoms with Crippen molar-refractivity contribution in [1.29, 1.82) is 5.26 Å². The number of nitrogens with two attached hydrogens (primary N) is 1. The smallest absolute Gasteiger partial charge is 0.387 e. The number of aromatic nitrogens is 3. The fraction of sp³-hybridized carbons (Fsp3) is 0.238. The molecule has 1 amide bonds. The number of nitriles is 1. The molecule has 176 valence electrons. The van der Waals surface area contributed by atoms with E-state index in [1.807, 2.05) is 6.07 Å². The fourth-order valence-electron chi connectivity index (χ4n) is 3.38. The normalized spacial score (nSPS) is 14.1. The van der Waals surface area contributed by atoms with Crippen LogP contribution in [-0.2, 0) is 0 Å². The number of anilines is 1. The molecule has 1 aliphatic rings. The van der Waals surface area contributed by atoms with Crippen molar-refractivity contribution in [3.8, 4) is 11.8 Å². The molecule has 0 radical (unpaired) electrons. The molecule has 3 heterocycles. The molecule has 2 aromatic heterocycles. The zero-order valence-corrected chi connectivity index (χ0v) is 18.5. The second-order valence-electron chi connectivity index (χ2n) is 7.06. The summed E-state index contributed by atoms with van der Waals surface area (Å²) in [5.74, 6) is 0.121. The molecule has 4 rings (SSSR count). The molecule has 0 bridgehead atoms. The molecule has 5 N–H and O–H groups in total. The largest absolute Gasteiger partial charge is 0.434 e. The van der Waals surface area contributed by atoms with Gasteiger partial charge in [0, 0.05) is 47.4 Å². The molecule has 0 aliphatic carbocycles. The van der Waals surface area contributed by atoms with Crippen molar-refractivity contribution in [3.63, 3.8) is 0 Å². The highest BCUT2D eigenvalue weighted by molar-refractivity contribution is 7.99. The van der Waals surface area contributed by atoms with Crippen LogP contribution in [0.15, 0.2) is 53.6 Å². The Morgan fingerprint density at radius 1 is 1.47 bits per heavy atom. The average Bonchev–Trinajstić information content (AvgIpc) is 3.26. The maximum absolute atomic E-state index is 13.2. The molecule has 1 aromatic carbocycles. The lowest BCUT2D eigenvalue weighted by Crippen LogP contribution is -2.32. The third kappa shape index (κ3) is 5.03. The summed E-state index contributed by atoms with van der Waals surface area (Å²) in [4.78, 5) is 18.0. The Balaban J connectivity index is 1.69. The molecule has 0 fully saturated rings. The third-order valence-electron chi connectivity index (χ3n) is 4.89. The molecule has 1 aliphatic heterocycles. The number of benzene rings is 1. The molecule has 10 nitrogen and oxygen atoms in total. The predicted octanol–water partition coefficient (Wildman–Crippen LogP) is 2.23. The number of fused-ring (bicyclic) bond motifs is 2. The van der Waals surface area contributed by atoms with E-state index in [4.69, 9.17) is 15.7 Å². The zero-order valence-electron chi connectivity index (χ0n) is 17.7. The second kappa shape index (κ2) is 10.4. The van der Waals surface area contributed by atoms with Crippen molar-refractivity contribution in [1.82, 2.24) is 25.2 Å². The van der Waals surface area contributed by atoms with Gasteiger partial charge in [-0.3, -0.25) is 4.79 Å². The number of alkyl halides is 2. The Bertz CT molecular complexity index is 1270. The van der Waals surface area contributed by atoms with E-state index in [0.29, 0.717) is 17.9 Å². The third-order valence-corrected chi connectivity index (χ3v) is 5.95. The lowest BCUT2D eigenvalue weighted by atomic mass is 10.0. The van der Waals surface area contributed by atoms with Gasteiger partial charge in [0.1, 0.15) is 17.9 Å². The van der Waals surface area contributed by atoms with E-state index in [1.54, 1.807) is 30.1 Å². The van der Waals surface area contributed by atoms with E-state index in [2.05, 4.69) is 26.0 Å². The Labute approximate surface area is 197 Å². The number of hydrogen-bond acceptors (Lipinski definition) is 9. The van der Waals surface area contributed by atoms with E-state index in [1.165, 1.54) is 29.2 Å². The van der Waals surface area contributed by atoms with Gasteiger partial charge in [-0.25, -0.2) is 9.50 Å². The number of rotatable bonds is 8. The van der Waals surface area contributed by atoms with Gasteiger partial charge in [-0.05, 0) is 12.1 Å². The molecule has 3 aromatic rings. The summed E-state index contributed by atoms with van der Waals surface area (Å²) < 4.78 is 32.5. The number of amides is 1. The van der Waals surface area contributed by atoms with Gasteiger partial charge >= 0.3 is 6.61 Å². The van der Waals surface area contributed by atoms with Crippen LogP contribution in [0.1, 0.15) is 22.0 Å². The minimum absolute atomic E-state index is 0.0608. The van der Waals surface area contributed by atoms with Crippen molar-refractivity contribution < 1.29 is 18.3 Å². The summed E-state index contributed by atoms with van der Waals surface area (Å²) in [6.45, 7) is -2.44. The fourth-order valence-corrected chi connectivity index (χ4v) is 4.31. The molecule has 1 unspecified atom stereocenters. The van der Waals surface area contributed by atoms with Crippen LogP contribution >= 0.6 is 11.8 Å². The number of carbonyl (C=O) groups is 1. The van der Waals surface area contributed by atoms with Gasteiger partial charge < -0.3 is 26.4 Å². The van der Waals surface area contributed by atoms with Gasteiger partial charge in [-0.15, -0.1) is 11.8 Å². The monoisotopic (exact) mass is 486 g/mol. The molecular weight excluding hydrogens is 466 g/mol. The first kappa shape index (κ1) is 23.3. The standard InChI is InChI=1S/C21H20F2N8O2S/c22-21(23)33-16-9-14-17(34-7-5-27-14)8-12(16)18(25)15(11-26-4-2-24)30-20(32)13-10-29-31-6-1-3-28-19(13)31/h1,3,6,8-11,18,21,26-27H,4-5,7,25H2,(H,30,32)/b15-11+. The number of hydrogen-bond donors (Lipinski definition) is 4. The number of nitrogens with zero attached hydrogens (tertiary/aromatic N) is 4. The second-order valence-corrected chi connectivity index (χ2v) is 8.19. The van der Waals surface area contributed by atoms with Crippen molar-refractivity contribution in [2.45, 2.75) is 17.5 Å². The van der Waals surface area contributed by atoms with Gasteiger partial charge in [0.25, 0.3) is 5.91 Å². The van der Waals surface area contributed by atoms with E-state index < -0.39 is 18.6 Å². The van der Waals surface area contributed by atoms with Crippen LogP contribution in [-0.4, -0.2) is 46.0 Å². The quantitative estimate of drug-likeness (QED) is 0.278. The van der Waals surface area contributed by atoms with Crippen molar-refractivity contribution in [2.75, 3.05) is 24.2 Å². The van der Waals surface area contributed by atoms with E-state index in [0.717, 1.165) is 10.6 Å². The molecular formula is C21H20F2N8O2S. The van der Waals surface area contributed by atoms with Crippen LogP contribution in [0.3, 0.4) is 0 Å². The van der Waals surface area contributed by atoms with E-state index >= 15 is 0 Å². The van der Waals surface area contributed by atoms with Crippen LogP contribution in [0.2, 0.25) is 0 Å². The van der Waals surface area contributed by atoms with Crippen LogP contribution < -0.4 is 26.4 Å². The highest BCUT2D eigenvalue weighted by Crippen LogP contribution is 2.40. The maximum Gasteiger partial charge on any atom is 0.387 e. The van der Waals surface area contributed by atoms with Crippen molar-refractivity contribution in [3.05, 3.63) is 59.8 Å². The SMILES string of the molecule is N#CCN/C=C(/NC(=O)c1cnn2cccnc12)C(N)c1cc2c(cc1OC(F)F)NCCS2. The Hall–Kier alpha value is -3.89. The van der Waals surface area contributed by atoms with Crippen molar-refractivity contribution in [2.24, 2.45) is 5.73 Å². The van der Waals surface area contributed by atoms with Gasteiger partial charge in [0.2, 0.25) is 0 Å². The maximum atomic E-state index is 13.2. The van der Waals surface area contributed by atoms with Gasteiger partial charge in [0.15, 0.2) is 5.65 Å². The van der Waals surface area contributed by atoms with E-state index in [-0.39, 0.29) is 29.1 Å². The lowest BCUT2D eigenvalue weighted by Gasteiger charge is -2.24. The van der Waals surface area contributed by atoms with Gasteiger partial charge in [0.05, 0.1) is 29.7 Å². The highest BCUT2D eigenvalue weighted by Gasteiger charge is 2.25. The van der Waals surface area contributed by atoms with Gasteiger partial charge in [-0.2, -0.15) is 19.1 Å². The first-order chi connectivity index (χ1) is 16.5. The van der Waals surface area contributed by atoms with Crippen molar-refractivity contribution >= 4 is 29.0 Å². The number of ether oxygens (including phenoxy) is 1. The Kier molecular flexibility index (Phi) is 7.09. The first-order valence-corrected chi connectivity index (χ1v) is 11.1. The lowest BCUT2D eigenvalue weighted by molar-refractivity contribution is -0.0505. The summed E-state index contributed by atoms with van der Waals surface area (Å²) in [5, 5.41) is 21.5.